The molecular formula is C13H14N4S. The minimum Gasteiger partial charge on any atom is -0.383 e. The van der Waals surface area contributed by atoms with Gasteiger partial charge in [0.1, 0.15) is 16.7 Å². The summed E-state index contributed by atoms with van der Waals surface area (Å²) in [6.45, 7) is 1.97. The number of hydrogen-bond acceptors (Lipinski definition) is 5. The molecule has 2 heterocycles. The molecule has 0 aliphatic heterocycles. The molecule has 1 fully saturated rings. The van der Waals surface area contributed by atoms with Crippen LogP contribution in [0.1, 0.15) is 30.1 Å². The van der Waals surface area contributed by atoms with Crippen molar-refractivity contribution in [2.75, 3.05) is 5.73 Å². The SMILES string of the molecule is Cc1c(N)nc(C2CC2)nc1Sc1ccncc1. The average Bonchev–Trinajstić information content (AvgIpc) is 3.20. The van der Waals surface area contributed by atoms with Crippen LogP contribution in [0.15, 0.2) is 34.4 Å². The third-order valence-electron chi connectivity index (χ3n) is 2.96. The Morgan fingerprint density at radius 3 is 2.61 bits per heavy atom. The van der Waals surface area contributed by atoms with Crippen LogP contribution in [0.4, 0.5) is 5.82 Å². The molecule has 2 aromatic heterocycles. The highest BCUT2D eigenvalue weighted by Crippen LogP contribution is 2.40. The van der Waals surface area contributed by atoms with E-state index < -0.39 is 0 Å². The highest BCUT2D eigenvalue weighted by Gasteiger charge is 2.28. The van der Waals surface area contributed by atoms with Crippen LogP contribution in [0.2, 0.25) is 0 Å². The molecule has 0 bridgehead atoms. The third-order valence-corrected chi connectivity index (χ3v) is 4.06. The molecule has 0 spiro atoms. The molecule has 18 heavy (non-hydrogen) atoms. The van der Waals surface area contributed by atoms with Crippen molar-refractivity contribution in [3.05, 3.63) is 35.9 Å². The van der Waals surface area contributed by atoms with Crippen molar-refractivity contribution in [3.8, 4) is 0 Å². The lowest BCUT2D eigenvalue weighted by Crippen LogP contribution is -2.03. The van der Waals surface area contributed by atoms with E-state index in [1.165, 1.54) is 12.8 Å². The van der Waals surface area contributed by atoms with E-state index in [0.717, 1.165) is 21.3 Å². The fraction of sp³-hybridized carbons (Fsp3) is 0.308. The zero-order valence-corrected chi connectivity index (χ0v) is 10.9. The van der Waals surface area contributed by atoms with Gasteiger partial charge in [0.2, 0.25) is 0 Å². The van der Waals surface area contributed by atoms with E-state index in [0.29, 0.717) is 11.7 Å². The van der Waals surface area contributed by atoms with E-state index in [4.69, 9.17) is 5.73 Å². The van der Waals surface area contributed by atoms with Crippen LogP contribution in [0.5, 0.6) is 0 Å². The summed E-state index contributed by atoms with van der Waals surface area (Å²) < 4.78 is 0. The Labute approximate surface area is 110 Å². The third kappa shape index (κ3) is 2.31. The molecule has 1 saturated carbocycles. The van der Waals surface area contributed by atoms with Crippen molar-refractivity contribution in [3.63, 3.8) is 0 Å². The van der Waals surface area contributed by atoms with Gasteiger partial charge in [-0.25, -0.2) is 9.97 Å². The Hall–Kier alpha value is -1.62. The maximum absolute atomic E-state index is 5.96. The van der Waals surface area contributed by atoms with E-state index in [-0.39, 0.29) is 0 Å². The number of nitrogens with zero attached hydrogens (tertiary/aromatic N) is 3. The summed E-state index contributed by atoms with van der Waals surface area (Å²) in [5.41, 5.74) is 6.92. The molecule has 92 valence electrons. The van der Waals surface area contributed by atoms with Crippen LogP contribution in [0, 0.1) is 6.92 Å². The van der Waals surface area contributed by atoms with Crippen LogP contribution >= 0.6 is 11.8 Å². The van der Waals surface area contributed by atoms with E-state index >= 15 is 0 Å². The van der Waals surface area contributed by atoms with E-state index in [1.807, 2.05) is 19.1 Å². The summed E-state index contributed by atoms with van der Waals surface area (Å²) in [4.78, 5) is 14.2. The largest absolute Gasteiger partial charge is 0.383 e. The van der Waals surface area contributed by atoms with Crippen molar-refractivity contribution >= 4 is 17.6 Å². The Kier molecular flexibility index (Phi) is 2.91. The van der Waals surface area contributed by atoms with Gasteiger partial charge in [0.05, 0.1) is 0 Å². The van der Waals surface area contributed by atoms with Gasteiger partial charge in [0, 0.05) is 28.8 Å². The quantitative estimate of drug-likeness (QED) is 0.858. The van der Waals surface area contributed by atoms with Gasteiger partial charge in [-0.2, -0.15) is 0 Å². The number of pyridine rings is 1. The van der Waals surface area contributed by atoms with Crippen LogP contribution in [0.3, 0.4) is 0 Å². The molecule has 1 aliphatic rings. The first-order valence-corrected chi connectivity index (χ1v) is 6.77. The smallest absolute Gasteiger partial charge is 0.135 e. The maximum Gasteiger partial charge on any atom is 0.135 e. The Balaban J connectivity index is 1.95. The number of nitrogens with two attached hydrogens (primary N) is 1. The summed E-state index contributed by atoms with van der Waals surface area (Å²) in [5.74, 6) is 2.02. The number of anilines is 1. The Bertz CT molecular complexity index is 567. The van der Waals surface area contributed by atoms with Crippen LogP contribution in [0.25, 0.3) is 0 Å². The Morgan fingerprint density at radius 1 is 1.22 bits per heavy atom. The van der Waals surface area contributed by atoms with Crippen molar-refractivity contribution in [1.29, 1.82) is 0 Å². The lowest BCUT2D eigenvalue weighted by molar-refractivity contribution is 0.868. The zero-order valence-electron chi connectivity index (χ0n) is 10.1. The number of hydrogen-bond donors (Lipinski definition) is 1. The van der Waals surface area contributed by atoms with E-state index in [1.54, 1.807) is 24.2 Å². The highest BCUT2D eigenvalue weighted by molar-refractivity contribution is 7.99. The molecule has 0 atom stereocenters. The van der Waals surface area contributed by atoms with Crippen LogP contribution in [-0.2, 0) is 0 Å². The predicted molar refractivity (Wildman–Crippen MR) is 71.5 cm³/mol. The fourth-order valence-corrected chi connectivity index (χ4v) is 2.55. The van der Waals surface area contributed by atoms with E-state index in [2.05, 4.69) is 15.0 Å². The Morgan fingerprint density at radius 2 is 1.94 bits per heavy atom. The molecule has 0 saturated heterocycles. The van der Waals surface area contributed by atoms with Gasteiger partial charge >= 0.3 is 0 Å². The first kappa shape index (κ1) is 11.5. The normalized spacial score (nSPS) is 14.7. The summed E-state index contributed by atoms with van der Waals surface area (Å²) >= 11 is 1.62. The molecule has 0 amide bonds. The van der Waals surface area contributed by atoms with Gasteiger partial charge in [-0.3, -0.25) is 4.98 Å². The zero-order chi connectivity index (χ0) is 12.5. The lowest BCUT2D eigenvalue weighted by Gasteiger charge is -2.09. The second-order valence-corrected chi connectivity index (χ2v) is 5.52. The highest BCUT2D eigenvalue weighted by atomic mass is 32.2. The van der Waals surface area contributed by atoms with Gasteiger partial charge in [-0.05, 0) is 31.9 Å². The fourth-order valence-electron chi connectivity index (χ4n) is 1.67. The number of aromatic nitrogens is 3. The van der Waals surface area contributed by atoms with Gasteiger partial charge < -0.3 is 5.73 Å². The number of nitrogen functional groups attached to an aromatic ring is 1. The van der Waals surface area contributed by atoms with Gasteiger partial charge in [-0.1, -0.05) is 11.8 Å². The van der Waals surface area contributed by atoms with Crippen LogP contribution in [-0.4, -0.2) is 15.0 Å². The van der Waals surface area contributed by atoms with Crippen molar-refractivity contribution in [2.24, 2.45) is 0 Å². The van der Waals surface area contributed by atoms with Crippen molar-refractivity contribution in [2.45, 2.75) is 35.6 Å². The van der Waals surface area contributed by atoms with E-state index in [9.17, 15) is 0 Å². The molecule has 0 aromatic carbocycles. The second kappa shape index (κ2) is 4.57. The molecule has 0 radical (unpaired) electrons. The minimum absolute atomic E-state index is 0.518. The molecule has 5 heteroatoms. The first-order valence-electron chi connectivity index (χ1n) is 5.96. The van der Waals surface area contributed by atoms with Gasteiger partial charge in [0.15, 0.2) is 0 Å². The summed E-state index contributed by atoms with van der Waals surface area (Å²) in [5, 5.41) is 0.954. The number of rotatable bonds is 3. The van der Waals surface area contributed by atoms with Gasteiger partial charge in [-0.15, -0.1) is 0 Å². The molecule has 2 N–H and O–H groups in total. The molecule has 2 aromatic rings. The predicted octanol–water partition coefficient (Wildman–Crippen LogP) is 2.79. The molecule has 1 aliphatic carbocycles. The monoisotopic (exact) mass is 258 g/mol. The molecular weight excluding hydrogens is 244 g/mol. The molecule has 3 rings (SSSR count). The lowest BCUT2D eigenvalue weighted by atomic mass is 10.3. The molecule has 0 unspecified atom stereocenters. The van der Waals surface area contributed by atoms with Gasteiger partial charge in [0.25, 0.3) is 0 Å². The standard InChI is InChI=1S/C13H14N4S/c1-8-11(14)16-12(9-2-3-9)17-13(8)18-10-4-6-15-7-5-10/h4-7,9H,2-3H2,1H3,(H2,14,16,17). The van der Waals surface area contributed by atoms with Crippen LogP contribution < -0.4 is 5.73 Å². The summed E-state index contributed by atoms with van der Waals surface area (Å²) in [7, 11) is 0. The molecule has 4 nitrogen and oxygen atoms in total. The topological polar surface area (TPSA) is 64.7 Å². The minimum atomic E-state index is 0.518. The second-order valence-electron chi connectivity index (χ2n) is 4.46. The van der Waals surface area contributed by atoms with Crippen molar-refractivity contribution in [1.82, 2.24) is 15.0 Å². The first-order chi connectivity index (χ1) is 8.74. The maximum atomic E-state index is 5.96. The summed E-state index contributed by atoms with van der Waals surface area (Å²) in [6.07, 6.45) is 5.93. The average molecular weight is 258 g/mol. The van der Waals surface area contributed by atoms with Crippen molar-refractivity contribution < 1.29 is 0 Å². The summed E-state index contributed by atoms with van der Waals surface area (Å²) in [6, 6.07) is 3.94.